The molecule has 1 amide bonds. The van der Waals surface area contributed by atoms with E-state index >= 15 is 0 Å². The van der Waals surface area contributed by atoms with Crippen molar-refractivity contribution in [1.29, 1.82) is 0 Å². The van der Waals surface area contributed by atoms with Gasteiger partial charge in [-0.15, -0.1) is 0 Å². The summed E-state index contributed by atoms with van der Waals surface area (Å²) in [5.74, 6) is -0.476. The highest BCUT2D eigenvalue weighted by Gasteiger charge is 2.04. The van der Waals surface area contributed by atoms with Gasteiger partial charge in [-0.25, -0.2) is 0 Å². The third kappa shape index (κ3) is 5.90. The van der Waals surface area contributed by atoms with Crippen LogP contribution in [0.5, 0.6) is 5.75 Å². The topological polar surface area (TPSA) is 75.6 Å². The number of aryl methyl sites for hydroxylation is 2. The van der Waals surface area contributed by atoms with Crippen molar-refractivity contribution < 1.29 is 19.4 Å². The van der Waals surface area contributed by atoms with Crippen molar-refractivity contribution in [2.24, 2.45) is 0 Å². The Morgan fingerprint density at radius 3 is 2.58 bits per heavy atom. The number of hydrogen-bond donors (Lipinski definition) is 2. The summed E-state index contributed by atoms with van der Waals surface area (Å²) in [6, 6.07) is 5.81. The van der Waals surface area contributed by atoms with Crippen LogP contribution in [0.2, 0.25) is 0 Å². The Kier molecular flexibility index (Phi) is 5.85. The van der Waals surface area contributed by atoms with Crippen LogP contribution >= 0.6 is 0 Å². The van der Waals surface area contributed by atoms with Crippen LogP contribution in [0.1, 0.15) is 24.0 Å². The Hall–Kier alpha value is -2.04. The van der Waals surface area contributed by atoms with E-state index in [2.05, 4.69) is 5.32 Å². The molecule has 0 aliphatic carbocycles. The van der Waals surface area contributed by atoms with Gasteiger partial charge >= 0.3 is 5.97 Å². The lowest BCUT2D eigenvalue weighted by Gasteiger charge is -2.09. The minimum Gasteiger partial charge on any atom is -0.492 e. The van der Waals surface area contributed by atoms with E-state index in [1.54, 1.807) is 0 Å². The van der Waals surface area contributed by atoms with Crippen molar-refractivity contribution in [2.45, 2.75) is 26.7 Å². The van der Waals surface area contributed by atoms with Crippen molar-refractivity contribution in [2.75, 3.05) is 13.2 Å². The van der Waals surface area contributed by atoms with Gasteiger partial charge in [0.15, 0.2) is 0 Å². The minimum absolute atomic E-state index is 0.00102. The van der Waals surface area contributed by atoms with Gasteiger partial charge in [0, 0.05) is 6.42 Å². The Labute approximate surface area is 112 Å². The molecule has 104 valence electrons. The van der Waals surface area contributed by atoms with E-state index in [9.17, 15) is 9.59 Å². The molecule has 0 fully saturated rings. The van der Waals surface area contributed by atoms with Crippen LogP contribution in [0, 0.1) is 13.8 Å². The van der Waals surface area contributed by atoms with Crippen LogP contribution in [0.4, 0.5) is 0 Å². The second-order valence-electron chi connectivity index (χ2n) is 4.34. The highest BCUT2D eigenvalue weighted by molar-refractivity contribution is 5.80. The molecule has 0 radical (unpaired) electrons. The lowest BCUT2D eigenvalue weighted by molar-refractivity contribution is -0.138. The molecule has 1 aromatic rings. The molecular weight excluding hydrogens is 246 g/mol. The van der Waals surface area contributed by atoms with Gasteiger partial charge in [-0.3, -0.25) is 9.59 Å². The molecule has 0 aromatic heterocycles. The maximum Gasteiger partial charge on any atom is 0.303 e. The lowest BCUT2D eigenvalue weighted by atomic mass is 10.1. The number of hydrogen-bond acceptors (Lipinski definition) is 3. The van der Waals surface area contributed by atoms with Gasteiger partial charge in [0.2, 0.25) is 5.91 Å². The van der Waals surface area contributed by atoms with Gasteiger partial charge < -0.3 is 15.2 Å². The number of benzene rings is 1. The summed E-state index contributed by atoms with van der Waals surface area (Å²) in [6.07, 6.45) is -0.150. The van der Waals surface area contributed by atoms with E-state index in [-0.39, 0.29) is 18.7 Å². The number of carbonyl (C=O) groups excluding carboxylic acids is 1. The first-order valence-electron chi connectivity index (χ1n) is 6.17. The molecule has 5 heteroatoms. The van der Waals surface area contributed by atoms with Gasteiger partial charge in [0.1, 0.15) is 12.4 Å². The van der Waals surface area contributed by atoms with Crippen molar-refractivity contribution in [1.82, 2.24) is 5.32 Å². The fourth-order valence-electron chi connectivity index (χ4n) is 1.47. The fraction of sp³-hybridized carbons (Fsp3) is 0.429. The molecule has 1 aromatic carbocycles. The molecule has 0 saturated heterocycles. The van der Waals surface area contributed by atoms with E-state index < -0.39 is 5.97 Å². The van der Waals surface area contributed by atoms with E-state index in [0.29, 0.717) is 13.2 Å². The molecule has 0 saturated carbocycles. The number of aliphatic carboxylic acids is 1. The highest BCUT2D eigenvalue weighted by atomic mass is 16.5. The monoisotopic (exact) mass is 265 g/mol. The standard InChI is InChI=1S/C14H19NO4/c1-10-3-4-12(9-11(10)2)19-8-7-15-13(16)5-6-14(17)18/h3-4,9H,5-8H2,1-2H3,(H,15,16)(H,17,18). The first-order valence-corrected chi connectivity index (χ1v) is 6.17. The smallest absolute Gasteiger partial charge is 0.303 e. The lowest BCUT2D eigenvalue weighted by Crippen LogP contribution is -2.28. The Morgan fingerprint density at radius 1 is 1.21 bits per heavy atom. The van der Waals surface area contributed by atoms with E-state index in [0.717, 1.165) is 11.3 Å². The van der Waals surface area contributed by atoms with Gasteiger partial charge in [-0.2, -0.15) is 0 Å². The zero-order chi connectivity index (χ0) is 14.3. The van der Waals surface area contributed by atoms with Gasteiger partial charge in [0.05, 0.1) is 13.0 Å². The molecule has 2 N–H and O–H groups in total. The van der Waals surface area contributed by atoms with Gasteiger partial charge in [0.25, 0.3) is 0 Å². The number of rotatable bonds is 7. The second-order valence-corrected chi connectivity index (χ2v) is 4.34. The maximum atomic E-state index is 11.2. The predicted molar refractivity (Wildman–Crippen MR) is 71.3 cm³/mol. The molecule has 19 heavy (non-hydrogen) atoms. The van der Waals surface area contributed by atoms with Gasteiger partial charge in [-0.1, -0.05) is 6.07 Å². The number of ether oxygens (including phenoxy) is 1. The number of carboxylic acids is 1. The normalized spacial score (nSPS) is 10.0. The summed E-state index contributed by atoms with van der Waals surface area (Å²) < 4.78 is 5.49. The average molecular weight is 265 g/mol. The van der Waals surface area contributed by atoms with E-state index in [1.165, 1.54) is 5.56 Å². The summed E-state index contributed by atoms with van der Waals surface area (Å²) >= 11 is 0. The number of carbonyl (C=O) groups is 2. The van der Waals surface area contributed by atoms with Crippen LogP contribution in [0.15, 0.2) is 18.2 Å². The third-order valence-corrected chi connectivity index (χ3v) is 2.74. The van der Waals surface area contributed by atoms with Gasteiger partial charge in [-0.05, 0) is 37.1 Å². The zero-order valence-corrected chi connectivity index (χ0v) is 11.2. The Bertz CT molecular complexity index is 457. The van der Waals surface area contributed by atoms with Crippen molar-refractivity contribution in [3.8, 4) is 5.75 Å². The first kappa shape index (κ1) is 15.0. The molecule has 0 spiro atoms. The number of amides is 1. The Balaban J connectivity index is 2.21. The van der Waals surface area contributed by atoms with Crippen molar-refractivity contribution in [3.63, 3.8) is 0 Å². The maximum absolute atomic E-state index is 11.2. The Morgan fingerprint density at radius 2 is 1.95 bits per heavy atom. The summed E-state index contributed by atoms with van der Waals surface area (Å²) in [5.41, 5.74) is 2.36. The summed E-state index contributed by atoms with van der Waals surface area (Å²) in [7, 11) is 0. The van der Waals surface area contributed by atoms with Crippen LogP contribution in [0.25, 0.3) is 0 Å². The summed E-state index contributed by atoms with van der Waals surface area (Å²) in [6.45, 7) is 4.77. The molecule has 0 atom stereocenters. The van der Waals surface area contributed by atoms with Crippen molar-refractivity contribution in [3.05, 3.63) is 29.3 Å². The molecular formula is C14H19NO4. The van der Waals surface area contributed by atoms with Crippen LogP contribution in [-0.2, 0) is 9.59 Å². The van der Waals surface area contributed by atoms with Crippen LogP contribution in [-0.4, -0.2) is 30.1 Å². The number of nitrogens with one attached hydrogen (secondary N) is 1. The third-order valence-electron chi connectivity index (χ3n) is 2.74. The highest BCUT2D eigenvalue weighted by Crippen LogP contribution is 2.15. The summed E-state index contributed by atoms with van der Waals surface area (Å²) in [4.78, 5) is 21.5. The number of carboxylic acid groups (broad SMARTS) is 1. The molecule has 1 rings (SSSR count). The molecule has 5 nitrogen and oxygen atoms in total. The first-order chi connectivity index (χ1) is 8.99. The molecule has 0 heterocycles. The largest absolute Gasteiger partial charge is 0.492 e. The molecule has 0 unspecified atom stereocenters. The predicted octanol–water partition coefficient (Wildman–Crippen LogP) is 1.66. The average Bonchev–Trinajstić information content (AvgIpc) is 2.36. The second kappa shape index (κ2) is 7.41. The molecule has 0 bridgehead atoms. The minimum atomic E-state index is -0.971. The van der Waals surface area contributed by atoms with E-state index in [1.807, 2.05) is 32.0 Å². The molecule has 0 aliphatic heterocycles. The zero-order valence-electron chi connectivity index (χ0n) is 11.2. The summed E-state index contributed by atoms with van der Waals surface area (Å²) in [5, 5.41) is 11.0. The van der Waals surface area contributed by atoms with Crippen LogP contribution in [0.3, 0.4) is 0 Å². The van der Waals surface area contributed by atoms with Crippen molar-refractivity contribution >= 4 is 11.9 Å². The molecule has 0 aliphatic rings. The van der Waals surface area contributed by atoms with Crippen LogP contribution < -0.4 is 10.1 Å². The SMILES string of the molecule is Cc1ccc(OCCNC(=O)CCC(=O)O)cc1C. The van der Waals surface area contributed by atoms with E-state index in [4.69, 9.17) is 9.84 Å². The quantitative estimate of drug-likeness (QED) is 0.735. The fourth-order valence-corrected chi connectivity index (χ4v) is 1.47.